The summed E-state index contributed by atoms with van der Waals surface area (Å²) in [5, 5.41) is 13.5. The SMILES string of the molecule is C=C1CC2CN3C(=O)OCc4ccc(cc4)NC(=O)C(CCCCNC(=O)CCOCCOC)NC(=O)C(C)CC(=O)CN4C(=O)CCN5C(=O)CC(SCSC6CC(=O)N(CCC(=O)N4CC(=O)CC(C)C(=O)NC(CCCCCC(=O)CCOCCOC)C(=O)Nc4ccc(cc4)COC(=O)N4c7cc(c(OC)cc7C(=O)N7CC(=C)CC7C4C)OCCCOc4cc3c(cc4OC)C(=O)N2C1)C6=O)C5=O. The minimum absolute atomic E-state index is 0.00678. The van der Waals surface area contributed by atoms with E-state index in [2.05, 4.69) is 39.7 Å². The second-order valence-corrected chi connectivity index (χ2v) is 39.1. The van der Waals surface area contributed by atoms with Crippen molar-refractivity contribution in [2.75, 3.05) is 159 Å². The molecule has 5 N–H and O–H groups in total. The fourth-order valence-corrected chi connectivity index (χ4v) is 20.6. The van der Waals surface area contributed by atoms with Gasteiger partial charge in [0.25, 0.3) is 11.8 Å². The molecule has 0 spiro atoms. The molecule has 11 aliphatic rings. The van der Waals surface area contributed by atoms with Gasteiger partial charge in [-0.3, -0.25) is 96.3 Å². The minimum Gasteiger partial charge on any atom is -0.493 e. The van der Waals surface area contributed by atoms with Crippen LogP contribution in [0.3, 0.4) is 0 Å². The molecule has 0 saturated carbocycles. The van der Waals surface area contributed by atoms with E-state index in [-0.39, 0.29) is 204 Å². The molecule has 43 heteroatoms. The maximum atomic E-state index is 15.2. The van der Waals surface area contributed by atoms with Gasteiger partial charge >= 0.3 is 12.2 Å². The number of Topliss-reactive ketones (excluding diaryl/α,β-unsaturated/α-hetero) is 3. The predicted molar refractivity (Wildman–Crippen MR) is 523 cm³/mol. The Morgan fingerprint density at radius 1 is 0.483 bits per heavy atom. The number of carbonyl (C=O) groups is 18. The van der Waals surface area contributed by atoms with E-state index in [0.717, 1.165) is 44.5 Å². The first kappa shape index (κ1) is 109. The van der Waals surface area contributed by atoms with Crippen LogP contribution in [0.4, 0.5) is 32.3 Å². The van der Waals surface area contributed by atoms with Crippen molar-refractivity contribution in [1.29, 1.82) is 0 Å². The van der Waals surface area contributed by atoms with E-state index in [9.17, 15) is 76.7 Å². The number of carbonyl (C=O) groups excluding carboxylic acids is 18. The van der Waals surface area contributed by atoms with Gasteiger partial charge < -0.3 is 83.8 Å². The molecule has 9 atom stereocenters. The zero-order chi connectivity index (χ0) is 103. The number of hydrogen-bond acceptors (Lipinski definition) is 30. The van der Waals surface area contributed by atoms with Crippen LogP contribution in [-0.2, 0) is 109 Å². The van der Waals surface area contributed by atoms with Crippen LogP contribution < -0.4 is 55.3 Å². The number of rotatable bonds is 25. The van der Waals surface area contributed by atoms with Crippen LogP contribution in [0.1, 0.15) is 175 Å². The third-order valence-electron chi connectivity index (χ3n) is 25.8. The summed E-state index contributed by atoms with van der Waals surface area (Å²) in [6.45, 7) is 11.2. The largest absolute Gasteiger partial charge is 0.493 e. The van der Waals surface area contributed by atoms with E-state index in [1.54, 1.807) is 53.1 Å². The van der Waals surface area contributed by atoms with Gasteiger partial charge in [-0.1, -0.05) is 75.3 Å². The van der Waals surface area contributed by atoms with E-state index in [1.165, 1.54) is 88.5 Å². The maximum absolute atomic E-state index is 15.2. The monoisotopic (exact) mass is 2020 g/mol. The average molecular weight is 2020 g/mol. The molecule has 15 amide bonds. The van der Waals surface area contributed by atoms with Gasteiger partial charge in [0, 0.05) is 152 Å². The normalized spacial score (nSPS) is 22.9. The van der Waals surface area contributed by atoms with Gasteiger partial charge in [-0.2, -0.15) is 0 Å². The highest BCUT2D eigenvalue weighted by Crippen LogP contribution is 2.45. The standard InChI is InChI=1S/C100H127N13O28S2/c1-60-42-69-54-110-78-48-82(80(134-8)46-73(78)95(126)108(69)52-60)138-34-15-35-139-83-49-79-74(47-81(83)135-9)96(127)109-53-61(2)43-77(109)64(5)113(79)100(131)141-58-66-21-25-68(26-22-66)102-93(124)75(17-12-10-11-16-70(114)29-36-136-40-38-132-6)104-91(122)62(3)44-71(115)55-111-87(118)27-32-106-89(120)50-84(97(106)128)142-59-143-85-51-90(121)107(98(85)129)33-28-88(119)112(111)56-72(116)45-63(4)92(123)105-76(18-13-14-31-101-86(117)30-37-137-41-39-133-7)94(125)103-67-23-19-65(20-24-67)57-140-99(110)130/h19-26,46-49,62-64,69,75-77,84-85H,1-2,10-18,27-45,50-59H2,3-9H3,(H,101,117)(H,102,124)(H,103,125)(H,104,122)(H,105,123). The Bertz CT molecular complexity index is 5350. The summed E-state index contributed by atoms with van der Waals surface area (Å²) in [6.07, 6.45) is -2.05. The maximum Gasteiger partial charge on any atom is 0.414 e. The lowest BCUT2D eigenvalue weighted by atomic mass is 10.0. The lowest BCUT2D eigenvalue weighted by Crippen LogP contribution is -2.55. The molecule has 0 aromatic heterocycles. The van der Waals surface area contributed by atoms with Crippen LogP contribution in [0, 0.1) is 11.8 Å². The van der Waals surface area contributed by atoms with Crippen molar-refractivity contribution in [3.05, 3.63) is 119 Å². The van der Waals surface area contributed by atoms with Crippen molar-refractivity contribution in [3.8, 4) is 23.0 Å². The summed E-state index contributed by atoms with van der Waals surface area (Å²) in [4.78, 5) is 267. The Hall–Kier alpha value is -12.8. The summed E-state index contributed by atoms with van der Waals surface area (Å²) in [5.74, 6) is -12.9. The van der Waals surface area contributed by atoms with Gasteiger partial charge in [-0.15, -0.1) is 23.5 Å². The van der Waals surface area contributed by atoms with Gasteiger partial charge in [0.15, 0.2) is 34.6 Å². The lowest BCUT2D eigenvalue weighted by Gasteiger charge is -2.35. The number of thioether (sulfide) groups is 2. The highest BCUT2D eigenvalue weighted by Gasteiger charge is 2.48. The Morgan fingerprint density at radius 2 is 0.965 bits per heavy atom. The van der Waals surface area contributed by atoms with Gasteiger partial charge in [-0.05, 0) is 99.4 Å². The Kier molecular flexibility index (Phi) is 40.0. The molecule has 4 aromatic rings. The topological polar surface area (TPSA) is 486 Å². The van der Waals surface area contributed by atoms with Crippen molar-refractivity contribution < 1.29 is 134 Å². The highest BCUT2D eigenvalue weighted by molar-refractivity contribution is 8.17. The number of nitrogens with one attached hydrogen (secondary N) is 5. The molecule has 15 rings (SSSR count). The molecule has 5 fully saturated rings. The summed E-state index contributed by atoms with van der Waals surface area (Å²) >= 11 is 2.14. The summed E-state index contributed by atoms with van der Waals surface area (Å²) in [6, 6.07) is 14.2. The van der Waals surface area contributed by atoms with Crippen molar-refractivity contribution in [2.45, 2.75) is 197 Å². The summed E-state index contributed by atoms with van der Waals surface area (Å²) in [5.41, 5.74) is 3.44. The second-order valence-electron chi connectivity index (χ2n) is 36.4. The quantitative estimate of drug-likeness (QED) is 0.0240. The van der Waals surface area contributed by atoms with Gasteiger partial charge in [0.2, 0.25) is 65.0 Å². The Morgan fingerprint density at radius 3 is 1.49 bits per heavy atom. The molecular formula is C100H127N13O28S2. The molecule has 772 valence electrons. The van der Waals surface area contributed by atoms with Gasteiger partial charge in [0.1, 0.15) is 44.2 Å². The highest BCUT2D eigenvalue weighted by atomic mass is 32.2. The van der Waals surface area contributed by atoms with Crippen LogP contribution in [-0.4, -0.2) is 315 Å². The first-order chi connectivity index (χ1) is 68.7. The third-order valence-corrected chi connectivity index (χ3v) is 28.5. The summed E-state index contributed by atoms with van der Waals surface area (Å²) < 4.78 is 57.6. The molecule has 41 nitrogen and oxygen atoms in total. The van der Waals surface area contributed by atoms with E-state index in [1.807, 2.05) is 0 Å². The number of methoxy groups -OCH3 is 4. The van der Waals surface area contributed by atoms with E-state index >= 15 is 9.59 Å². The minimum atomic E-state index is -1.33. The smallest absolute Gasteiger partial charge is 0.414 e. The fourth-order valence-electron chi connectivity index (χ4n) is 17.9. The number of ketones is 3. The summed E-state index contributed by atoms with van der Waals surface area (Å²) in [7, 11) is 5.86. The molecule has 0 aliphatic carbocycles. The number of anilines is 4. The third kappa shape index (κ3) is 29.3. The molecule has 5 saturated heterocycles. The van der Waals surface area contributed by atoms with Gasteiger partial charge in [0.05, 0.1) is 125 Å². The van der Waals surface area contributed by atoms with Crippen molar-refractivity contribution in [1.82, 2.24) is 45.6 Å². The van der Waals surface area contributed by atoms with Crippen LogP contribution in [0.2, 0.25) is 0 Å². The first-order valence-electron chi connectivity index (χ1n) is 48.2. The van der Waals surface area contributed by atoms with Crippen LogP contribution >= 0.6 is 23.5 Å². The van der Waals surface area contributed by atoms with E-state index in [4.69, 9.17) is 47.4 Å². The molecule has 11 heterocycles. The first-order valence-corrected chi connectivity index (χ1v) is 50.3. The average Bonchev–Trinajstić information content (AvgIpc) is 1.60. The Balaban J connectivity index is 0.850. The molecule has 4 aromatic carbocycles. The van der Waals surface area contributed by atoms with Crippen LogP contribution in [0.5, 0.6) is 23.0 Å². The molecule has 9 unspecified atom stereocenters. The predicted octanol–water partition coefficient (Wildman–Crippen LogP) is 7.80. The molecule has 12 bridgehead atoms. The number of amides is 15. The van der Waals surface area contributed by atoms with Crippen molar-refractivity contribution in [2.24, 2.45) is 11.8 Å². The number of fused-ring (bicyclic) bond motifs is 6. The van der Waals surface area contributed by atoms with Crippen molar-refractivity contribution >= 4 is 153 Å². The lowest BCUT2D eigenvalue weighted by molar-refractivity contribution is -0.168. The number of hydrogen-bond donors (Lipinski definition) is 5. The second kappa shape index (κ2) is 52.4. The number of unbranched alkanes of at least 4 members (excludes halogenated alkanes) is 3. The number of ether oxygens (including phenoxy) is 10. The number of hydrazine groups is 1. The number of imide groups is 2. The van der Waals surface area contributed by atoms with Crippen LogP contribution in [0.15, 0.2) is 97.1 Å². The number of nitrogens with zero attached hydrogens (tertiary/aromatic N) is 8. The van der Waals surface area contributed by atoms with Crippen LogP contribution in [0.25, 0.3) is 0 Å². The Labute approximate surface area is 837 Å². The van der Waals surface area contributed by atoms with Crippen molar-refractivity contribution in [3.63, 3.8) is 0 Å². The fraction of sp³-hybridized carbons (Fsp3) is 0.540. The van der Waals surface area contributed by atoms with E-state index in [0.29, 0.717) is 79.5 Å². The molecule has 0 radical (unpaired) electrons. The van der Waals surface area contributed by atoms with Gasteiger partial charge in [-0.25, -0.2) is 19.6 Å². The zero-order valence-electron chi connectivity index (χ0n) is 81.7. The molecule has 143 heavy (non-hydrogen) atoms. The molecular weight excluding hydrogens is 1900 g/mol. The zero-order valence-corrected chi connectivity index (χ0v) is 83.4. The number of benzene rings is 4. The van der Waals surface area contributed by atoms with E-state index < -0.39 is 199 Å². The molecule has 11 aliphatic heterocycles.